The molecule has 2 aliphatic heterocycles. The van der Waals surface area contributed by atoms with Crippen molar-refractivity contribution in [2.24, 2.45) is 25.9 Å². The molecule has 14 heteroatoms. The number of hydrogen-bond acceptors (Lipinski definition) is 8. The molecule has 13 nitrogen and oxygen atoms in total. The van der Waals surface area contributed by atoms with Crippen LogP contribution in [0.3, 0.4) is 0 Å². The Bertz CT molecular complexity index is 2180. The number of aromatic nitrogens is 4. The minimum atomic E-state index is -0.682. The Labute approximate surface area is 338 Å². The summed E-state index contributed by atoms with van der Waals surface area (Å²) in [5, 5.41) is 25.8. The van der Waals surface area contributed by atoms with Gasteiger partial charge in [-0.25, -0.2) is 9.97 Å². The number of carbonyl (C=O) groups excluding carboxylic acids is 2. The number of imidazole rings is 2. The van der Waals surface area contributed by atoms with Crippen LogP contribution in [0.15, 0.2) is 36.4 Å². The number of aliphatic carboxylic acids is 1. The Hall–Kier alpha value is -4.56. The zero-order valence-electron chi connectivity index (χ0n) is 33.1. The largest absolute Gasteiger partial charge is 0.481 e. The van der Waals surface area contributed by atoms with Crippen molar-refractivity contribution in [2.75, 3.05) is 30.3 Å². The highest BCUT2D eigenvalue weighted by atomic mass is 35.5. The van der Waals surface area contributed by atoms with Gasteiger partial charge < -0.3 is 30.0 Å². The maximum absolute atomic E-state index is 13.8. The summed E-state index contributed by atoms with van der Waals surface area (Å²) in [6.07, 6.45) is 8.38. The molecule has 2 fully saturated rings. The van der Waals surface area contributed by atoms with E-state index >= 15 is 0 Å². The number of carboxylic acids is 1. The molecule has 4 N–H and O–H groups in total. The van der Waals surface area contributed by atoms with E-state index in [4.69, 9.17) is 21.6 Å². The van der Waals surface area contributed by atoms with Crippen LogP contribution in [0.5, 0.6) is 0 Å². The first kappa shape index (κ1) is 39.3. The van der Waals surface area contributed by atoms with Gasteiger partial charge in [-0.2, -0.15) is 0 Å². The van der Waals surface area contributed by atoms with Crippen molar-refractivity contribution in [3.05, 3.63) is 81.4 Å². The number of anilines is 2. The molecule has 4 heterocycles. The Morgan fingerprint density at radius 2 is 1.35 bits per heavy atom. The summed E-state index contributed by atoms with van der Waals surface area (Å²) in [4.78, 5) is 53.3. The Balaban J connectivity index is 0.933. The van der Waals surface area contributed by atoms with Crippen molar-refractivity contribution in [3.8, 4) is 11.1 Å². The Kier molecular flexibility index (Phi) is 11.3. The molecule has 0 bridgehead atoms. The van der Waals surface area contributed by atoms with Crippen molar-refractivity contribution >= 4 is 40.8 Å². The van der Waals surface area contributed by atoms with Crippen LogP contribution >= 0.6 is 11.6 Å². The zero-order chi connectivity index (χ0) is 40.0. The predicted octanol–water partition coefficient (Wildman–Crippen LogP) is 6.20. The molecule has 2 saturated carbocycles. The van der Waals surface area contributed by atoms with Crippen molar-refractivity contribution in [2.45, 2.75) is 96.4 Å². The number of nitrogens with zero attached hydrogens (tertiary/aromatic N) is 6. The lowest BCUT2D eigenvalue weighted by molar-refractivity contribution is -0.143. The second-order valence-electron chi connectivity index (χ2n) is 16.6. The second kappa shape index (κ2) is 16.4. The maximum atomic E-state index is 13.8. The van der Waals surface area contributed by atoms with Gasteiger partial charge in [0.05, 0.1) is 34.1 Å². The third-order valence-corrected chi connectivity index (χ3v) is 13.4. The van der Waals surface area contributed by atoms with Crippen LogP contribution in [0.25, 0.3) is 11.1 Å². The average Bonchev–Trinajstić information content (AvgIpc) is 3.72. The number of rotatable bonds is 9. The van der Waals surface area contributed by atoms with Gasteiger partial charge in [-0.15, -0.1) is 0 Å². The molecule has 8 rings (SSSR count). The van der Waals surface area contributed by atoms with Crippen molar-refractivity contribution in [1.29, 1.82) is 0 Å². The number of halogens is 1. The van der Waals surface area contributed by atoms with Crippen LogP contribution in [0, 0.1) is 18.8 Å². The minimum absolute atomic E-state index is 0.192. The fraction of sp³-hybridized carbons (Fsp3) is 0.512. The molecule has 4 aromatic rings. The molecular weight excluding hydrogens is 744 g/mol. The minimum Gasteiger partial charge on any atom is -0.481 e. The number of carbonyl (C=O) groups is 3. The highest BCUT2D eigenvalue weighted by Gasteiger charge is 2.33. The summed E-state index contributed by atoms with van der Waals surface area (Å²) in [7, 11) is 3.79. The molecule has 0 spiro atoms. The number of carboxylic acid groups (broad SMARTS) is 1. The van der Waals surface area contributed by atoms with Gasteiger partial charge in [0.25, 0.3) is 11.8 Å². The number of aliphatic hydroxyl groups is 1. The summed E-state index contributed by atoms with van der Waals surface area (Å²) in [6.45, 7) is 6.00. The third-order valence-electron chi connectivity index (χ3n) is 13.0. The molecule has 2 aliphatic carbocycles. The van der Waals surface area contributed by atoms with Gasteiger partial charge in [0.1, 0.15) is 0 Å². The van der Waals surface area contributed by atoms with E-state index in [0.717, 1.165) is 123 Å². The molecule has 2 aromatic heterocycles. The standard InChI is InChI=1S/C43H53ClN8O5/c1-25-30(6-4-8-32(25)47-41(54)39-46-35-24-52(21-19-37(35)50(39)3)28-14-16-29(53)17-15-28)31-7-5-9-33(38(31)44)48-42(55)40-45-34-23-51(20-18-36(34)49(40)2)22-26-10-12-27(13-11-26)43(56)57/h4-9,26-29,53H,10-24H2,1-3H3,(H,47,54)(H,48,55)(H,56,57). The maximum Gasteiger partial charge on any atom is 0.306 e. The van der Waals surface area contributed by atoms with Gasteiger partial charge in [0.15, 0.2) is 11.6 Å². The Morgan fingerprint density at radius 1 is 0.772 bits per heavy atom. The molecule has 57 heavy (non-hydrogen) atoms. The van der Waals surface area contributed by atoms with Gasteiger partial charge in [0, 0.05) is 88.3 Å². The van der Waals surface area contributed by atoms with E-state index in [9.17, 15) is 24.6 Å². The number of aliphatic hydroxyl groups excluding tert-OH is 1. The number of amides is 2. The van der Waals surface area contributed by atoms with E-state index < -0.39 is 5.97 Å². The molecule has 2 amide bonds. The lowest BCUT2D eigenvalue weighted by Gasteiger charge is -2.37. The quantitative estimate of drug-likeness (QED) is 0.155. The molecule has 0 radical (unpaired) electrons. The number of nitrogens with one attached hydrogen (secondary N) is 2. The first-order chi connectivity index (χ1) is 27.4. The van der Waals surface area contributed by atoms with Crippen molar-refractivity contribution in [3.63, 3.8) is 0 Å². The predicted molar refractivity (Wildman–Crippen MR) is 218 cm³/mol. The first-order valence-corrected chi connectivity index (χ1v) is 20.8. The average molecular weight is 797 g/mol. The van der Waals surface area contributed by atoms with Gasteiger partial charge >= 0.3 is 5.97 Å². The zero-order valence-corrected chi connectivity index (χ0v) is 33.8. The van der Waals surface area contributed by atoms with Crippen LogP contribution in [0.1, 0.15) is 101 Å². The van der Waals surface area contributed by atoms with E-state index in [2.05, 4.69) is 20.4 Å². The van der Waals surface area contributed by atoms with Crippen molar-refractivity contribution < 1.29 is 24.6 Å². The number of benzene rings is 2. The monoisotopic (exact) mass is 796 g/mol. The molecule has 0 unspecified atom stereocenters. The van der Waals surface area contributed by atoms with Crippen LogP contribution < -0.4 is 10.6 Å². The summed E-state index contributed by atoms with van der Waals surface area (Å²) in [5.41, 5.74) is 7.46. The van der Waals surface area contributed by atoms with E-state index in [0.29, 0.717) is 53.1 Å². The van der Waals surface area contributed by atoms with Gasteiger partial charge in [-0.05, 0) is 87.5 Å². The number of fused-ring (bicyclic) bond motifs is 2. The fourth-order valence-electron chi connectivity index (χ4n) is 9.64. The fourth-order valence-corrected chi connectivity index (χ4v) is 9.92. The van der Waals surface area contributed by atoms with E-state index in [1.165, 1.54) is 0 Å². The highest BCUT2D eigenvalue weighted by Crippen LogP contribution is 2.38. The lowest BCUT2D eigenvalue weighted by Crippen LogP contribution is -2.42. The summed E-state index contributed by atoms with van der Waals surface area (Å²) in [6, 6.07) is 11.7. The van der Waals surface area contributed by atoms with E-state index in [1.807, 2.05) is 60.5 Å². The smallest absolute Gasteiger partial charge is 0.306 e. The number of hydrogen-bond donors (Lipinski definition) is 4. The van der Waals surface area contributed by atoms with Crippen LogP contribution in [0.4, 0.5) is 11.4 Å². The highest BCUT2D eigenvalue weighted by molar-refractivity contribution is 6.36. The second-order valence-corrected chi connectivity index (χ2v) is 16.9. The topological polar surface area (TPSA) is 158 Å². The summed E-state index contributed by atoms with van der Waals surface area (Å²) < 4.78 is 3.80. The lowest BCUT2D eigenvalue weighted by atomic mass is 9.81. The first-order valence-electron chi connectivity index (χ1n) is 20.4. The normalized spacial score (nSPS) is 22.8. The molecule has 0 atom stereocenters. The SMILES string of the molecule is Cc1c(NC(=O)c2nc3c(n2C)CCN(C2CCC(O)CC2)C3)cccc1-c1cccc(NC(=O)c2nc3c(n2C)CCN(CC2CCC(C(=O)O)CC2)C3)c1Cl. The molecule has 0 saturated heterocycles. The van der Waals surface area contributed by atoms with Gasteiger partial charge in [0.2, 0.25) is 0 Å². The Morgan fingerprint density at radius 3 is 2.00 bits per heavy atom. The molecule has 2 aromatic carbocycles. The van der Waals surface area contributed by atoms with Gasteiger partial charge in [-0.1, -0.05) is 35.9 Å². The van der Waals surface area contributed by atoms with Crippen molar-refractivity contribution in [1.82, 2.24) is 28.9 Å². The van der Waals surface area contributed by atoms with Crippen LogP contribution in [-0.4, -0.2) is 88.7 Å². The molecule has 302 valence electrons. The van der Waals surface area contributed by atoms with Crippen LogP contribution in [0.2, 0.25) is 5.02 Å². The molecule has 4 aliphatic rings. The van der Waals surface area contributed by atoms with E-state index in [1.54, 1.807) is 6.07 Å². The summed E-state index contributed by atoms with van der Waals surface area (Å²) >= 11 is 7.04. The molecular formula is C43H53ClN8O5. The van der Waals surface area contributed by atoms with Gasteiger partial charge in [-0.3, -0.25) is 24.2 Å². The summed E-state index contributed by atoms with van der Waals surface area (Å²) in [5.74, 6) is -0.358. The van der Waals surface area contributed by atoms with E-state index in [-0.39, 0.29) is 23.8 Å². The van der Waals surface area contributed by atoms with Crippen LogP contribution in [-0.2, 0) is 44.8 Å². The third kappa shape index (κ3) is 7.99.